The molecule has 0 bridgehead atoms. The molecule has 1 unspecified atom stereocenters. The second-order valence-electron chi connectivity index (χ2n) is 2.79. The lowest BCUT2D eigenvalue weighted by Crippen LogP contribution is -2.11. The lowest BCUT2D eigenvalue weighted by atomic mass is 10.1. The van der Waals surface area contributed by atoms with Crippen molar-refractivity contribution in [3.63, 3.8) is 0 Å². The Morgan fingerprint density at radius 2 is 1.92 bits per heavy atom. The molecule has 64 valence electrons. The van der Waals surface area contributed by atoms with Gasteiger partial charge in [0.25, 0.3) is 0 Å². The molecular weight excluding hydrogens is 150 g/mol. The average molecular weight is 163 g/mol. The van der Waals surface area contributed by atoms with Crippen molar-refractivity contribution >= 4 is 6.29 Å². The fraction of sp³-hybridized carbons (Fsp3) is 0.300. The van der Waals surface area contributed by atoms with Gasteiger partial charge < -0.3 is 5.32 Å². The topological polar surface area (TPSA) is 29.1 Å². The molecule has 0 aliphatic rings. The van der Waals surface area contributed by atoms with Crippen molar-refractivity contribution in [2.45, 2.75) is 13.0 Å². The molecule has 0 spiro atoms. The van der Waals surface area contributed by atoms with Crippen molar-refractivity contribution in [3.8, 4) is 0 Å². The number of carbonyl (C=O) groups excluding carboxylic acids is 1. The molecule has 12 heavy (non-hydrogen) atoms. The zero-order chi connectivity index (χ0) is 8.97. The number of carbonyl (C=O) groups is 1. The van der Waals surface area contributed by atoms with Crippen LogP contribution in [-0.2, 0) is 0 Å². The molecule has 1 aromatic carbocycles. The Kier molecular flexibility index (Phi) is 3.00. The van der Waals surface area contributed by atoms with E-state index in [1.165, 1.54) is 5.56 Å². The maximum atomic E-state index is 10.3. The molecule has 0 aromatic heterocycles. The summed E-state index contributed by atoms with van der Waals surface area (Å²) in [5.41, 5.74) is 1.92. The molecule has 0 fully saturated rings. The number of benzene rings is 1. The van der Waals surface area contributed by atoms with Gasteiger partial charge in [-0.05, 0) is 19.5 Å². The molecule has 0 saturated heterocycles. The van der Waals surface area contributed by atoms with E-state index >= 15 is 0 Å². The minimum Gasteiger partial charge on any atom is -0.313 e. The van der Waals surface area contributed by atoms with Gasteiger partial charge in [0.05, 0.1) is 0 Å². The number of rotatable bonds is 3. The minimum atomic E-state index is 0.339. The first-order valence-corrected chi connectivity index (χ1v) is 4.00. The quantitative estimate of drug-likeness (QED) is 0.688. The van der Waals surface area contributed by atoms with Gasteiger partial charge in [-0.25, -0.2) is 0 Å². The second-order valence-corrected chi connectivity index (χ2v) is 2.79. The van der Waals surface area contributed by atoms with Crippen LogP contribution in [0.5, 0.6) is 0 Å². The van der Waals surface area contributed by atoms with Crippen LogP contribution in [-0.4, -0.2) is 13.3 Å². The lowest BCUT2D eigenvalue weighted by molar-refractivity contribution is 0.112. The highest BCUT2D eigenvalue weighted by Crippen LogP contribution is 2.11. The van der Waals surface area contributed by atoms with Gasteiger partial charge in [-0.2, -0.15) is 0 Å². The van der Waals surface area contributed by atoms with Crippen LogP contribution in [0.15, 0.2) is 24.3 Å². The molecule has 0 aliphatic carbocycles. The van der Waals surface area contributed by atoms with Gasteiger partial charge in [-0.1, -0.05) is 24.3 Å². The number of nitrogens with one attached hydrogen (secondary N) is 1. The van der Waals surface area contributed by atoms with Crippen LogP contribution in [0, 0.1) is 0 Å². The van der Waals surface area contributed by atoms with E-state index in [1.54, 1.807) is 0 Å². The molecule has 0 saturated carbocycles. The third-order valence-corrected chi connectivity index (χ3v) is 2.01. The summed E-state index contributed by atoms with van der Waals surface area (Å²) in [5, 5.41) is 3.13. The molecule has 2 heteroatoms. The lowest BCUT2D eigenvalue weighted by Gasteiger charge is -2.09. The molecule has 0 heterocycles. The van der Waals surface area contributed by atoms with Crippen molar-refractivity contribution in [2.75, 3.05) is 7.05 Å². The largest absolute Gasteiger partial charge is 0.313 e. The van der Waals surface area contributed by atoms with Crippen molar-refractivity contribution in [2.24, 2.45) is 0 Å². The minimum absolute atomic E-state index is 0.339. The monoisotopic (exact) mass is 163 g/mol. The second kappa shape index (κ2) is 4.02. The van der Waals surface area contributed by atoms with Crippen LogP contribution in [0.3, 0.4) is 0 Å². The summed E-state index contributed by atoms with van der Waals surface area (Å²) < 4.78 is 0. The summed E-state index contributed by atoms with van der Waals surface area (Å²) in [6.45, 7) is 2.08. The van der Waals surface area contributed by atoms with Gasteiger partial charge in [0.2, 0.25) is 0 Å². The Balaban J connectivity index is 2.84. The summed E-state index contributed by atoms with van der Waals surface area (Å²) in [6.07, 6.45) is 0.855. The van der Waals surface area contributed by atoms with Gasteiger partial charge in [-0.15, -0.1) is 0 Å². The molecule has 0 radical (unpaired) electrons. The van der Waals surface area contributed by atoms with Crippen molar-refractivity contribution in [1.82, 2.24) is 5.32 Å². The molecule has 0 amide bonds. The van der Waals surface area contributed by atoms with Gasteiger partial charge >= 0.3 is 0 Å². The Bertz CT molecular complexity index is 253. The third-order valence-electron chi connectivity index (χ3n) is 2.01. The van der Waals surface area contributed by atoms with Crippen LogP contribution in [0.1, 0.15) is 28.9 Å². The molecule has 1 aromatic rings. The third kappa shape index (κ3) is 1.92. The highest BCUT2D eigenvalue weighted by molar-refractivity contribution is 5.74. The Hall–Kier alpha value is -1.15. The van der Waals surface area contributed by atoms with E-state index in [9.17, 15) is 4.79 Å². The Morgan fingerprint density at radius 3 is 2.33 bits per heavy atom. The van der Waals surface area contributed by atoms with E-state index in [2.05, 4.69) is 12.2 Å². The van der Waals surface area contributed by atoms with Gasteiger partial charge in [0.15, 0.2) is 0 Å². The number of hydrogen-bond acceptors (Lipinski definition) is 2. The first kappa shape index (κ1) is 8.94. The standard InChI is InChI=1S/C10H13NO/c1-8(11-2)10-5-3-9(7-12)4-6-10/h3-8,11H,1-2H3. The maximum Gasteiger partial charge on any atom is 0.150 e. The zero-order valence-corrected chi connectivity index (χ0v) is 7.37. The molecule has 1 N–H and O–H groups in total. The van der Waals surface area contributed by atoms with Crippen LogP contribution in [0.2, 0.25) is 0 Å². The van der Waals surface area contributed by atoms with Crippen LogP contribution < -0.4 is 5.32 Å². The fourth-order valence-corrected chi connectivity index (χ4v) is 1.03. The van der Waals surface area contributed by atoms with Crippen LogP contribution in [0.4, 0.5) is 0 Å². The number of hydrogen-bond donors (Lipinski definition) is 1. The van der Waals surface area contributed by atoms with E-state index in [0.29, 0.717) is 6.04 Å². The van der Waals surface area contributed by atoms with E-state index in [4.69, 9.17) is 0 Å². The molecule has 2 nitrogen and oxygen atoms in total. The van der Waals surface area contributed by atoms with Crippen LogP contribution in [0.25, 0.3) is 0 Å². The smallest absolute Gasteiger partial charge is 0.150 e. The predicted molar refractivity (Wildman–Crippen MR) is 49.3 cm³/mol. The summed E-state index contributed by atoms with van der Waals surface area (Å²) in [4.78, 5) is 10.3. The number of aldehydes is 1. The maximum absolute atomic E-state index is 10.3. The first-order valence-electron chi connectivity index (χ1n) is 4.00. The van der Waals surface area contributed by atoms with E-state index < -0.39 is 0 Å². The van der Waals surface area contributed by atoms with E-state index in [0.717, 1.165) is 11.8 Å². The van der Waals surface area contributed by atoms with Crippen molar-refractivity contribution < 1.29 is 4.79 Å². The van der Waals surface area contributed by atoms with Crippen LogP contribution >= 0.6 is 0 Å². The fourth-order valence-electron chi connectivity index (χ4n) is 1.03. The Morgan fingerprint density at radius 1 is 1.33 bits per heavy atom. The SMILES string of the molecule is CNC(C)c1ccc(C=O)cc1. The van der Waals surface area contributed by atoms with Gasteiger partial charge in [0, 0.05) is 11.6 Å². The van der Waals surface area contributed by atoms with Gasteiger partial charge in [0.1, 0.15) is 6.29 Å². The van der Waals surface area contributed by atoms with E-state index in [-0.39, 0.29) is 0 Å². The predicted octanol–water partition coefficient (Wildman–Crippen LogP) is 1.78. The summed E-state index contributed by atoms with van der Waals surface area (Å²) in [7, 11) is 1.91. The highest BCUT2D eigenvalue weighted by atomic mass is 16.1. The summed E-state index contributed by atoms with van der Waals surface area (Å²) >= 11 is 0. The first-order chi connectivity index (χ1) is 5.77. The average Bonchev–Trinajstić information content (AvgIpc) is 2.17. The normalized spacial score (nSPS) is 12.5. The van der Waals surface area contributed by atoms with Crippen molar-refractivity contribution in [1.29, 1.82) is 0 Å². The summed E-state index contributed by atoms with van der Waals surface area (Å²) in [5.74, 6) is 0. The highest BCUT2D eigenvalue weighted by Gasteiger charge is 2.00. The van der Waals surface area contributed by atoms with Gasteiger partial charge in [-0.3, -0.25) is 4.79 Å². The summed E-state index contributed by atoms with van der Waals surface area (Å²) in [6, 6.07) is 7.92. The molecular formula is C10H13NO. The van der Waals surface area contributed by atoms with E-state index in [1.807, 2.05) is 31.3 Å². The zero-order valence-electron chi connectivity index (χ0n) is 7.37. The molecule has 0 aliphatic heterocycles. The van der Waals surface area contributed by atoms with Crippen molar-refractivity contribution in [3.05, 3.63) is 35.4 Å². The molecule has 1 rings (SSSR count). The Labute approximate surface area is 72.6 Å². The molecule has 1 atom stereocenters.